The number of hydrogen-bond donors (Lipinski definition) is 6. The summed E-state index contributed by atoms with van der Waals surface area (Å²) in [6, 6.07) is 8.21. The van der Waals surface area contributed by atoms with Crippen LogP contribution in [-0.4, -0.2) is 69.0 Å². The Balaban J connectivity index is 1.85. The summed E-state index contributed by atoms with van der Waals surface area (Å²) in [5.74, 6) is -0.321. The number of rotatable bonds is 4. The molecule has 0 amide bonds. The molecule has 0 saturated carbocycles. The first-order valence-corrected chi connectivity index (χ1v) is 9.31. The predicted molar refractivity (Wildman–Crippen MR) is 106 cm³/mol. The molecule has 0 spiro atoms. The number of benzene rings is 2. The molecule has 6 N–H and O–H groups in total. The maximum atomic E-state index is 10.2. The third kappa shape index (κ3) is 3.89. The molecule has 3 aromatic rings. The molecule has 2 heterocycles. The molecule has 164 valence electrons. The van der Waals surface area contributed by atoms with Gasteiger partial charge in [0.2, 0.25) is 12.0 Å². The Morgan fingerprint density at radius 2 is 1.71 bits per heavy atom. The molecule has 0 aliphatic carbocycles. The number of phenols is 3. The third-order valence-electron chi connectivity index (χ3n) is 4.96. The molecule has 31 heavy (non-hydrogen) atoms. The number of aliphatic hydroxyl groups is 3. The summed E-state index contributed by atoms with van der Waals surface area (Å²) in [7, 11) is 1.38. The van der Waals surface area contributed by atoms with Gasteiger partial charge in [0.15, 0.2) is 11.5 Å². The van der Waals surface area contributed by atoms with Crippen molar-refractivity contribution in [3.63, 3.8) is 0 Å². The smallest absolute Gasteiger partial charge is 0.402 e. The van der Waals surface area contributed by atoms with Crippen LogP contribution in [0.2, 0.25) is 0 Å². The van der Waals surface area contributed by atoms with E-state index in [2.05, 4.69) is 0 Å². The summed E-state index contributed by atoms with van der Waals surface area (Å²) in [5.41, 5.74) is 0.535. The van der Waals surface area contributed by atoms with Gasteiger partial charge in [0, 0.05) is 18.2 Å². The lowest BCUT2D eigenvalue weighted by Crippen LogP contribution is -2.54. The Bertz CT molecular complexity index is 1120. The highest BCUT2D eigenvalue weighted by molar-refractivity contribution is 5.88. The zero-order valence-corrected chi connectivity index (χ0v) is 16.3. The van der Waals surface area contributed by atoms with Crippen LogP contribution in [0.5, 0.6) is 28.7 Å². The van der Waals surface area contributed by atoms with Gasteiger partial charge in [0.1, 0.15) is 35.2 Å². The molecule has 0 unspecified atom stereocenters. The molecule has 0 bridgehead atoms. The van der Waals surface area contributed by atoms with E-state index >= 15 is 0 Å². The molecular weight excluding hydrogens is 412 g/mol. The Kier molecular flexibility index (Phi) is 5.46. The Labute approximate surface area is 175 Å². The van der Waals surface area contributed by atoms with E-state index in [1.807, 2.05) is 0 Å². The number of fused-ring (bicyclic) bond motifs is 1. The van der Waals surface area contributed by atoms with Crippen molar-refractivity contribution in [2.24, 2.45) is 0 Å². The van der Waals surface area contributed by atoms with Crippen molar-refractivity contribution in [2.45, 2.75) is 24.6 Å². The Hall–Kier alpha value is -3.31. The monoisotopic (exact) mass is 433 g/mol. The van der Waals surface area contributed by atoms with E-state index < -0.39 is 24.6 Å². The van der Waals surface area contributed by atoms with Gasteiger partial charge < -0.3 is 44.8 Å². The summed E-state index contributed by atoms with van der Waals surface area (Å²) in [6.45, 7) is -0.269. The second-order valence-electron chi connectivity index (χ2n) is 7.07. The highest BCUT2D eigenvalue weighted by atomic mass is 16.7. The highest BCUT2D eigenvalue weighted by Crippen LogP contribution is 2.42. The number of aliphatic hydroxyl groups excluding tert-OH is 3. The number of ether oxygens (including phenoxy) is 3. The van der Waals surface area contributed by atoms with Gasteiger partial charge >= 0.3 is 11.3 Å². The van der Waals surface area contributed by atoms with Crippen LogP contribution in [0.25, 0.3) is 22.3 Å². The first-order chi connectivity index (χ1) is 14.8. The van der Waals surface area contributed by atoms with Gasteiger partial charge in [-0.15, -0.1) is 0 Å². The maximum absolute atomic E-state index is 10.2. The van der Waals surface area contributed by atoms with Crippen molar-refractivity contribution in [3.05, 3.63) is 36.4 Å². The maximum Gasteiger partial charge on any atom is 0.402 e. The topological polar surface area (TPSA) is 160 Å². The fourth-order valence-corrected chi connectivity index (χ4v) is 3.30. The molecule has 4 atom stereocenters. The summed E-state index contributed by atoms with van der Waals surface area (Å²) >= 11 is 0. The van der Waals surface area contributed by atoms with Crippen LogP contribution in [-0.2, 0) is 4.74 Å². The van der Waals surface area contributed by atoms with Gasteiger partial charge in [-0.05, 0) is 12.1 Å². The molecular formula is C21H21O10+. The van der Waals surface area contributed by atoms with E-state index in [0.29, 0.717) is 5.56 Å². The van der Waals surface area contributed by atoms with E-state index in [1.165, 1.54) is 37.4 Å². The standard InChI is InChI=1S/C21H20O10/c1-28-16-4-9(2-3-12(16)23)20-17(31-21-19(27)18(26)14(25)8-29-21)7-11-13(24)5-10(22)6-15(11)30-20/h2-7,14,18-19,21,25-27H,8H2,1H3,(H2-,22,23,24)/p+1/t14-,18-,19+,21+/m1/s1. The molecule has 1 aromatic heterocycles. The van der Waals surface area contributed by atoms with E-state index in [4.69, 9.17) is 18.6 Å². The number of methoxy groups -OCH3 is 1. The van der Waals surface area contributed by atoms with E-state index in [0.717, 1.165) is 6.07 Å². The van der Waals surface area contributed by atoms with Crippen LogP contribution >= 0.6 is 0 Å². The minimum absolute atomic E-state index is 0.0221. The molecule has 1 aliphatic rings. The Morgan fingerprint density at radius 1 is 0.935 bits per heavy atom. The van der Waals surface area contributed by atoms with Gasteiger partial charge in [-0.2, -0.15) is 0 Å². The van der Waals surface area contributed by atoms with Gasteiger partial charge in [-0.3, -0.25) is 0 Å². The molecule has 1 aliphatic heterocycles. The molecule has 2 aromatic carbocycles. The van der Waals surface area contributed by atoms with Gasteiger partial charge in [-0.25, -0.2) is 4.42 Å². The SMILES string of the molecule is COc1cc(-c2[o+]c3cc(O)cc(O)c3cc2O[C@@H]2OC[C@@H](O)[C@@H](O)[C@@H]2O)ccc1O. The summed E-state index contributed by atoms with van der Waals surface area (Å²) < 4.78 is 22.1. The zero-order valence-electron chi connectivity index (χ0n) is 16.3. The van der Waals surface area contributed by atoms with Gasteiger partial charge in [0.05, 0.1) is 25.3 Å². The normalized spacial score (nSPS) is 23.6. The van der Waals surface area contributed by atoms with Crippen LogP contribution in [0.15, 0.2) is 40.8 Å². The van der Waals surface area contributed by atoms with Crippen molar-refractivity contribution in [2.75, 3.05) is 13.7 Å². The van der Waals surface area contributed by atoms with Crippen LogP contribution in [0.1, 0.15) is 0 Å². The van der Waals surface area contributed by atoms with Gasteiger partial charge in [0.25, 0.3) is 0 Å². The fourth-order valence-electron chi connectivity index (χ4n) is 3.30. The van der Waals surface area contributed by atoms with E-state index in [-0.39, 0.29) is 52.1 Å². The molecule has 1 saturated heterocycles. The lowest BCUT2D eigenvalue weighted by atomic mass is 10.1. The number of hydrogen-bond acceptors (Lipinski definition) is 9. The lowest BCUT2D eigenvalue weighted by molar-refractivity contribution is -0.242. The average molecular weight is 433 g/mol. The highest BCUT2D eigenvalue weighted by Gasteiger charge is 2.40. The second kappa shape index (κ2) is 8.08. The summed E-state index contributed by atoms with van der Waals surface area (Å²) in [5, 5.41) is 59.9. The van der Waals surface area contributed by atoms with Crippen LogP contribution in [0.4, 0.5) is 0 Å². The largest absolute Gasteiger partial charge is 0.507 e. The van der Waals surface area contributed by atoms with E-state index in [9.17, 15) is 30.6 Å². The molecule has 0 radical (unpaired) electrons. The summed E-state index contributed by atoms with van der Waals surface area (Å²) in [6.07, 6.45) is -5.67. The van der Waals surface area contributed by atoms with Crippen molar-refractivity contribution in [1.29, 1.82) is 0 Å². The van der Waals surface area contributed by atoms with Crippen molar-refractivity contribution in [3.8, 4) is 40.1 Å². The summed E-state index contributed by atoms with van der Waals surface area (Å²) in [4.78, 5) is 0. The Morgan fingerprint density at radius 3 is 2.45 bits per heavy atom. The van der Waals surface area contributed by atoms with Crippen molar-refractivity contribution in [1.82, 2.24) is 0 Å². The number of aromatic hydroxyl groups is 3. The number of phenolic OH excluding ortho intramolecular Hbond substituents is 3. The quantitative estimate of drug-likeness (QED) is 0.331. The van der Waals surface area contributed by atoms with Crippen molar-refractivity contribution >= 4 is 11.0 Å². The van der Waals surface area contributed by atoms with E-state index in [1.54, 1.807) is 0 Å². The molecule has 10 heteroatoms. The average Bonchev–Trinajstić information content (AvgIpc) is 2.74. The third-order valence-corrected chi connectivity index (χ3v) is 4.96. The molecule has 10 nitrogen and oxygen atoms in total. The van der Waals surface area contributed by atoms with Crippen LogP contribution in [0.3, 0.4) is 0 Å². The zero-order chi connectivity index (χ0) is 22.3. The lowest BCUT2D eigenvalue weighted by Gasteiger charge is -2.34. The minimum Gasteiger partial charge on any atom is -0.507 e. The molecule has 4 rings (SSSR count). The van der Waals surface area contributed by atoms with Crippen LogP contribution < -0.4 is 9.47 Å². The van der Waals surface area contributed by atoms with Crippen molar-refractivity contribution < 1.29 is 49.3 Å². The first-order valence-electron chi connectivity index (χ1n) is 9.31. The van der Waals surface area contributed by atoms with Gasteiger partial charge in [-0.1, -0.05) is 0 Å². The first kappa shape index (κ1) is 20.9. The minimum atomic E-state index is -1.56. The van der Waals surface area contributed by atoms with Crippen LogP contribution in [0, 0.1) is 0 Å². The fraction of sp³-hybridized carbons (Fsp3) is 0.286. The molecule has 1 fully saturated rings. The predicted octanol–water partition coefficient (Wildman–Crippen LogP) is 1.32. The second-order valence-corrected chi connectivity index (χ2v) is 7.07.